The quantitative estimate of drug-likeness (QED) is 0.178. The van der Waals surface area contributed by atoms with Crippen LogP contribution in [0.5, 0.6) is 0 Å². The highest BCUT2D eigenvalue weighted by Crippen LogP contribution is 2.38. The molecular formula is C40H54N8O8. The molecule has 16 nitrogen and oxygen atoms in total. The van der Waals surface area contributed by atoms with Crippen LogP contribution in [0.1, 0.15) is 99.7 Å². The Morgan fingerprint density at radius 1 is 0.857 bits per heavy atom. The number of nitrogens with one attached hydrogen (secondary N) is 3. The van der Waals surface area contributed by atoms with Crippen molar-refractivity contribution in [3.05, 3.63) is 65.6 Å². The molecule has 1 aromatic carbocycles. The Kier molecular flexibility index (Phi) is 12.8. The minimum absolute atomic E-state index is 0.231. The third-order valence-corrected chi connectivity index (χ3v) is 11.7. The van der Waals surface area contributed by atoms with E-state index in [0.717, 1.165) is 72.6 Å². The predicted octanol–water partition coefficient (Wildman–Crippen LogP) is 5.25. The summed E-state index contributed by atoms with van der Waals surface area (Å²) in [4.78, 5) is 72.0. The van der Waals surface area contributed by atoms with Crippen LogP contribution in [0.15, 0.2) is 42.7 Å². The lowest BCUT2D eigenvalue weighted by Crippen LogP contribution is -2.54. The van der Waals surface area contributed by atoms with Crippen LogP contribution in [-0.4, -0.2) is 130 Å². The van der Waals surface area contributed by atoms with Crippen molar-refractivity contribution < 1.29 is 38.5 Å². The average molecular weight is 775 g/mol. The number of allylic oxidation sites excluding steroid dienone is 2. The van der Waals surface area contributed by atoms with Gasteiger partial charge >= 0.3 is 12.2 Å². The minimum atomic E-state index is -1.19. The van der Waals surface area contributed by atoms with Crippen LogP contribution in [0.4, 0.5) is 9.59 Å². The number of aromatic amines is 2. The molecule has 4 amide bonds. The average Bonchev–Trinajstić information content (AvgIpc) is 4.06. The van der Waals surface area contributed by atoms with Gasteiger partial charge in [0.15, 0.2) is 0 Å². The number of carbonyl (C=O) groups excluding carboxylic acids is 3. The zero-order valence-electron chi connectivity index (χ0n) is 33.0. The van der Waals surface area contributed by atoms with Gasteiger partial charge in [0.1, 0.15) is 23.7 Å². The van der Waals surface area contributed by atoms with Gasteiger partial charge in [-0.25, -0.2) is 19.6 Å². The van der Waals surface area contributed by atoms with Crippen molar-refractivity contribution in [2.45, 2.75) is 101 Å². The van der Waals surface area contributed by atoms with Crippen LogP contribution >= 0.6 is 0 Å². The number of alkyl carbamates (subject to hydrolysis) is 1. The monoisotopic (exact) mass is 774 g/mol. The summed E-state index contributed by atoms with van der Waals surface area (Å²) in [5, 5.41) is 12.3. The van der Waals surface area contributed by atoms with Crippen molar-refractivity contribution in [3.63, 3.8) is 0 Å². The molecule has 3 aliphatic rings. The number of carboxylic acid groups (broad SMARTS) is 1. The van der Waals surface area contributed by atoms with E-state index in [1.165, 1.54) is 39.5 Å². The molecule has 4 heterocycles. The minimum Gasteiger partial charge on any atom is -0.465 e. The summed E-state index contributed by atoms with van der Waals surface area (Å²) in [6.07, 6.45) is 8.82. The molecule has 0 bridgehead atoms. The van der Waals surface area contributed by atoms with Crippen molar-refractivity contribution in [2.24, 2.45) is 0 Å². The van der Waals surface area contributed by atoms with Crippen molar-refractivity contribution in [3.8, 4) is 11.3 Å². The predicted molar refractivity (Wildman–Crippen MR) is 206 cm³/mol. The number of ether oxygens (including phenoxy) is 3. The largest absolute Gasteiger partial charge is 0.465 e. The summed E-state index contributed by atoms with van der Waals surface area (Å²) in [7, 11) is 5.63. The van der Waals surface area contributed by atoms with Crippen LogP contribution in [0.2, 0.25) is 0 Å². The van der Waals surface area contributed by atoms with Crippen molar-refractivity contribution in [1.82, 2.24) is 40.0 Å². The fraction of sp³-hybridized carbons (Fsp3) is 0.550. The van der Waals surface area contributed by atoms with Gasteiger partial charge in [-0.3, -0.25) is 14.5 Å². The number of likely N-dealkylation sites (N-methyl/N-ethyl adjacent to an activating group) is 1. The zero-order chi connectivity index (χ0) is 40.1. The van der Waals surface area contributed by atoms with Gasteiger partial charge < -0.3 is 44.4 Å². The Morgan fingerprint density at radius 2 is 1.45 bits per heavy atom. The second-order valence-corrected chi connectivity index (χ2v) is 14.9. The fourth-order valence-corrected chi connectivity index (χ4v) is 8.23. The summed E-state index contributed by atoms with van der Waals surface area (Å²) >= 11 is 0. The van der Waals surface area contributed by atoms with E-state index in [1.807, 2.05) is 12.4 Å². The number of carbonyl (C=O) groups is 4. The van der Waals surface area contributed by atoms with E-state index in [1.54, 1.807) is 23.6 Å². The Balaban J connectivity index is 1.08. The first-order valence-corrected chi connectivity index (χ1v) is 19.3. The molecule has 16 heteroatoms. The van der Waals surface area contributed by atoms with Gasteiger partial charge in [-0.15, -0.1) is 0 Å². The van der Waals surface area contributed by atoms with E-state index in [2.05, 4.69) is 45.6 Å². The van der Waals surface area contributed by atoms with E-state index in [9.17, 15) is 24.3 Å². The molecule has 1 unspecified atom stereocenters. The lowest BCUT2D eigenvalue weighted by atomic mass is 9.83. The highest BCUT2D eigenvalue weighted by molar-refractivity contribution is 5.87. The number of hydrogen-bond acceptors (Lipinski definition) is 9. The molecule has 2 saturated heterocycles. The third kappa shape index (κ3) is 8.45. The van der Waals surface area contributed by atoms with Crippen LogP contribution in [0.25, 0.3) is 16.8 Å². The fourth-order valence-electron chi connectivity index (χ4n) is 8.23. The van der Waals surface area contributed by atoms with E-state index in [4.69, 9.17) is 24.2 Å². The molecule has 6 rings (SSSR count). The number of H-pyrrole nitrogens is 2. The number of nitrogens with zero attached hydrogens (tertiary/aromatic N) is 5. The number of likely N-dealkylation sites (tertiary alicyclic amines) is 2. The van der Waals surface area contributed by atoms with Crippen LogP contribution in [0, 0.1) is 0 Å². The summed E-state index contributed by atoms with van der Waals surface area (Å²) in [5.74, 6) is 1.24. The van der Waals surface area contributed by atoms with Crippen LogP contribution in [0.3, 0.4) is 0 Å². The maximum absolute atomic E-state index is 13.7. The maximum Gasteiger partial charge on any atom is 0.407 e. The van der Waals surface area contributed by atoms with Gasteiger partial charge in [0, 0.05) is 52.3 Å². The Hall–Kier alpha value is -5.22. The molecule has 56 heavy (non-hydrogen) atoms. The second kappa shape index (κ2) is 17.7. The molecule has 2 aromatic heterocycles. The van der Waals surface area contributed by atoms with E-state index >= 15 is 0 Å². The normalized spacial score (nSPS) is 21.9. The molecule has 7 atom stereocenters. The number of hydrogen-bond donors (Lipinski definition) is 4. The number of aromatic nitrogens is 4. The molecule has 302 valence electrons. The molecular weight excluding hydrogens is 720 g/mol. The molecule has 0 spiro atoms. The first kappa shape index (κ1) is 40.4. The Morgan fingerprint density at radius 3 is 2.00 bits per heavy atom. The number of methoxy groups -OCH3 is 3. The first-order valence-electron chi connectivity index (χ1n) is 19.3. The summed E-state index contributed by atoms with van der Waals surface area (Å²) in [5.41, 5.74) is 5.05. The van der Waals surface area contributed by atoms with Crippen LogP contribution < -0.4 is 5.32 Å². The molecule has 4 N–H and O–H groups in total. The van der Waals surface area contributed by atoms with Crippen molar-refractivity contribution in [2.75, 3.05) is 41.5 Å². The number of rotatable bonds is 13. The Bertz CT molecular complexity index is 1890. The number of amides is 4. The standard InChI is InChI=1S/C40H54N8O8/c1-23(54-4)33(45-39(51)56-6)37(49)47-19-7-9-31(47)35-41-21-29(43-35)27-15-11-25(12-16-27)26-13-17-28(18-14-26)30-22-42-36(44-30)32-10-8-20-48(32)38(50)34(24(2)55-5)46(3)40(52)53/h13-15,17-18,21-25,31-34H,7-12,16,19-20H2,1-6H3,(H,41,43)(H,42,44)(H,45,51)(H,52,53)/t23-,24-,25?,31+,32+,33+,34+/m1/s1. The summed E-state index contributed by atoms with van der Waals surface area (Å²) in [6.45, 7) is 4.51. The van der Waals surface area contributed by atoms with Gasteiger partial charge in [-0.05, 0) is 75.8 Å². The highest BCUT2D eigenvalue weighted by Gasteiger charge is 2.41. The highest BCUT2D eigenvalue weighted by atomic mass is 16.5. The maximum atomic E-state index is 13.7. The van der Waals surface area contributed by atoms with Gasteiger partial charge in [-0.2, -0.15) is 0 Å². The molecule has 0 radical (unpaired) electrons. The van der Waals surface area contributed by atoms with E-state index in [0.29, 0.717) is 24.8 Å². The smallest absolute Gasteiger partial charge is 0.407 e. The molecule has 3 aromatic rings. The second-order valence-electron chi connectivity index (χ2n) is 14.9. The van der Waals surface area contributed by atoms with Gasteiger partial charge in [0.05, 0.1) is 42.8 Å². The molecule has 2 fully saturated rings. The molecule has 1 aliphatic carbocycles. The molecule has 2 aliphatic heterocycles. The third-order valence-electron chi connectivity index (χ3n) is 11.7. The van der Waals surface area contributed by atoms with Crippen LogP contribution in [-0.2, 0) is 23.8 Å². The topological polar surface area (TPSA) is 195 Å². The zero-order valence-corrected chi connectivity index (χ0v) is 33.0. The van der Waals surface area contributed by atoms with Crippen molar-refractivity contribution in [1.29, 1.82) is 0 Å². The lowest BCUT2D eigenvalue weighted by molar-refractivity contribution is -0.141. The SMILES string of the molecule is COC(=O)N[C@H](C(=O)N1CCC[C@H]1c1nc(C2=CCC(c3ccc(-c4c[nH]c([C@@H]5CCCN5C(=O)[C@H]([C@@H](C)OC)N(C)C(=O)O)n4)cc3)CC2)c[nH]1)[C@@H](C)OC. The summed E-state index contributed by atoms with van der Waals surface area (Å²) < 4.78 is 15.5. The first-order chi connectivity index (χ1) is 26.9. The molecule has 0 saturated carbocycles. The van der Waals surface area contributed by atoms with Gasteiger partial charge in [0.25, 0.3) is 0 Å². The summed E-state index contributed by atoms with van der Waals surface area (Å²) in [6, 6.07) is 6.10. The van der Waals surface area contributed by atoms with Crippen molar-refractivity contribution >= 4 is 29.6 Å². The van der Waals surface area contributed by atoms with E-state index < -0.39 is 36.5 Å². The van der Waals surface area contributed by atoms with E-state index in [-0.39, 0.29) is 23.9 Å². The lowest BCUT2D eigenvalue weighted by Gasteiger charge is -2.34. The number of benzene rings is 1. The number of imidazole rings is 2. The Labute approximate surface area is 327 Å². The van der Waals surface area contributed by atoms with Gasteiger partial charge in [0.2, 0.25) is 11.8 Å². The van der Waals surface area contributed by atoms with Gasteiger partial charge in [-0.1, -0.05) is 30.3 Å².